The van der Waals surface area contributed by atoms with E-state index < -0.39 is 0 Å². The van der Waals surface area contributed by atoms with Gasteiger partial charge in [-0.15, -0.1) is 0 Å². The van der Waals surface area contributed by atoms with Crippen LogP contribution in [0.1, 0.15) is 34.0 Å². The van der Waals surface area contributed by atoms with Gasteiger partial charge in [-0.3, -0.25) is 4.79 Å². The lowest BCUT2D eigenvalue weighted by Crippen LogP contribution is -2.09. The molecule has 0 spiro atoms. The number of hydrogen-bond donors (Lipinski definition) is 1. The van der Waals surface area contributed by atoms with Crippen LogP contribution in [0.15, 0.2) is 66.9 Å². The molecule has 122 valence electrons. The number of hydrogen-bond acceptors (Lipinski definition) is 2. The van der Waals surface area contributed by atoms with Crippen molar-refractivity contribution in [3.63, 3.8) is 0 Å². The summed E-state index contributed by atoms with van der Waals surface area (Å²) in [6, 6.07) is 18.8. The van der Waals surface area contributed by atoms with Gasteiger partial charge in [0.05, 0.1) is 7.11 Å². The fraction of sp³-hybridized carbons (Fsp3) is 0.150. The average molecular weight is 340 g/mol. The molecule has 1 aromatic heterocycles. The smallest absolute Gasteiger partial charge is 0.164 e. The van der Waals surface area contributed by atoms with E-state index in [1.165, 1.54) is 0 Å². The quantitative estimate of drug-likeness (QED) is 0.636. The van der Waals surface area contributed by atoms with E-state index in [1.54, 1.807) is 13.2 Å². The van der Waals surface area contributed by atoms with Crippen LogP contribution in [0.5, 0.6) is 5.75 Å². The van der Waals surface area contributed by atoms with Gasteiger partial charge in [-0.2, -0.15) is 0 Å². The summed E-state index contributed by atoms with van der Waals surface area (Å²) in [7, 11) is 1.60. The molecule has 3 nitrogen and oxygen atoms in total. The van der Waals surface area contributed by atoms with Crippen molar-refractivity contribution in [1.82, 2.24) is 4.98 Å². The molecule has 0 radical (unpaired) electrons. The first kappa shape index (κ1) is 16.3. The number of aromatic amines is 1. The Kier molecular flexibility index (Phi) is 5.02. The second-order valence-corrected chi connectivity index (χ2v) is 6.03. The Morgan fingerprint density at radius 2 is 1.92 bits per heavy atom. The van der Waals surface area contributed by atoms with Crippen molar-refractivity contribution >= 4 is 17.4 Å². The Morgan fingerprint density at radius 3 is 2.58 bits per heavy atom. The van der Waals surface area contributed by atoms with Gasteiger partial charge in [0, 0.05) is 34.8 Å². The van der Waals surface area contributed by atoms with Gasteiger partial charge < -0.3 is 9.72 Å². The third-order valence-electron chi connectivity index (χ3n) is 4.05. The van der Waals surface area contributed by atoms with E-state index in [0.29, 0.717) is 22.8 Å². The molecule has 1 heterocycles. The normalized spacial score (nSPS) is 11.9. The molecule has 0 aliphatic carbocycles. The number of carbonyl (C=O) groups excluding carboxylic acids is 1. The van der Waals surface area contributed by atoms with E-state index in [0.717, 1.165) is 11.3 Å². The SMILES string of the molecule is COc1cccc(C(=O)CC(c2ccc(Cl)cc2)c2ccc[nH]2)c1. The fourth-order valence-electron chi connectivity index (χ4n) is 2.76. The number of rotatable bonds is 6. The van der Waals surface area contributed by atoms with Gasteiger partial charge in [-0.05, 0) is 42.0 Å². The zero-order chi connectivity index (χ0) is 16.9. The highest BCUT2D eigenvalue weighted by molar-refractivity contribution is 6.30. The second kappa shape index (κ2) is 7.37. The third-order valence-corrected chi connectivity index (χ3v) is 4.30. The van der Waals surface area contributed by atoms with Crippen LogP contribution in [0.2, 0.25) is 5.02 Å². The zero-order valence-electron chi connectivity index (χ0n) is 13.3. The Labute approximate surface area is 146 Å². The van der Waals surface area contributed by atoms with Crippen molar-refractivity contribution in [3.8, 4) is 5.75 Å². The number of halogens is 1. The Bertz CT molecular complexity index is 810. The topological polar surface area (TPSA) is 42.1 Å². The zero-order valence-corrected chi connectivity index (χ0v) is 14.1. The van der Waals surface area contributed by atoms with Gasteiger partial charge in [0.2, 0.25) is 0 Å². The summed E-state index contributed by atoms with van der Waals surface area (Å²) < 4.78 is 5.21. The highest BCUT2D eigenvalue weighted by atomic mass is 35.5. The summed E-state index contributed by atoms with van der Waals surface area (Å²) in [5, 5.41) is 0.683. The molecule has 0 saturated heterocycles. The van der Waals surface area contributed by atoms with Gasteiger partial charge in [-0.25, -0.2) is 0 Å². The minimum Gasteiger partial charge on any atom is -0.497 e. The van der Waals surface area contributed by atoms with Crippen LogP contribution in [0, 0.1) is 0 Å². The maximum Gasteiger partial charge on any atom is 0.164 e. The minimum absolute atomic E-state index is 0.0454. The van der Waals surface area contributed by atoms with Gasteiger partial charge in [0.25, 0.3) is 0 Å². The van der Waals surface area contributed by atoms with E-state index in [4.69, 9.17) is 16.3 Å². The molecule has 24 heavy (non-hydrogen) atoms. The first-order valence-electron chi connectivity index (χ1n) is 7.73. The molecule has 2 aromatic carbocycles. The molecule has 0 bridgehead atoms. The molecule has 1 unspecified atom stereocenters. The van der Waals surface area contributed by atoms with Gasteiger partial charge in [0.15, 0.2) is 5.78 Å². The van der Waals surface area contributed by atoms with Gasteiger partial charge >= 0.3 is 0 Å². The molecular weight excluding hydrogens is 322 g/mol. The fourth-order valence-corrected chi connectivity index (χ4v) is 2.89. The number of aromatic nitrogens is 1. The number of ether oxygens (including phenoxy) is 1. The number of carbonyl (C=O) groups is 1. The lowest BCUT2D eigenvalue weighted by molar-refractivity contribution is 0.0977. The maximum atomic E-state index is 12.8. The molecule has 0 amide bonds. The summed E-state index contributed by atoms with van der Waals surface area (Å²) >= 11 is 5.99. The Balaban J connectivity index is 1.89. The number of nitrogens with one attached hydrogen (secondary N) is 1. The van der Waals surface area contributed by atoms with Crippen molar-refractivity contribution in [1.29, 1.82) is 0 Å². The summed E-state index contributed by atoms with van der Waals surface area (Å²) in [6.45, 7) is 0. The second-order valence-electron chi connectivity index (χ2n) is 5.59. The highest BCUT2D eigenvalue weighted by Gasteiger charge is 2.20. The van der Waals surface area contributed by atoms with Crippen LogP contribution < -0.4 is 4.74 Å². The molecule has 3 aromatic rings. The van der Waals surface area contributed by atoms with Gasteiger partial charge in [-0.1, -0.05) is 35.9 Å². The van der Waals surface area contributed by atoms with Crippen LogP contribution in [0.25, 0.3) is 0 Å². The molecule has 4 heteroatoms. The number of Topliss-reactive ketones (excluding diaryl/α,β-unsaturated/α-hetero) is 1. The first-order valence-corrected chi connectivity index (χ1v) is 8.11. The lowest BCUT2D eigenvalue weighted by atomic mass is 9.89. The average Bonchev–Trinajstić information content (AvgIpc) is 3.15. The van der Waals surface area contributed by atoms with Crippen molar-refractivity contribution in [3.05, 3.63) is 88.7 Å². The molecular formula is C20H18ClNO2. The van der Waals surface area contributed by atoms with E-state index >= 15 is 0 Å². The number of benzene rings is 2. The van der Waals surface area contributed by atoms with Gasteiger partial charge in [0.1, 0.15) is 5.75 Å². The molecule has 0 saturated carbocycles. The lowest BCUT2D eigenvalue weighted by Gasteiger charge is -2.16. The van der Waals surface area contributed by atoms with E-state index in [-0.39, 0.29) is 11.7 Å². The van der Waals surface area contributed by atoms with Crippen LogP contribution in [-0.2, 0) is 0 Å². The number of H-pyrrole nitrogens is 1. The van der Waals surface area contributed by atoms with Crippen LogP contribution in [0.4, 0.5) is 0 Å². The maximum absolute atomic E-state index is 12.8. The molecule has 0 fully saturated rings. The standard InChI is InChI=1S/C20H18ClNO2/c1-24-17-5-2-4-15(12-17)20(23)13-18(19-6-3-11-22-19)14-7-9-16(21)10-8-14/h2-12,18,22H,13H2,1H3. The largest absolute Gasteiger partial charge is 0.497 e. The molecule has 1 atom stereocenters. The molecule has 0 aliphatic rings. The van der Waals surface area contributed by atoms with Crippen molar-refractivity contribution < 1.29 is 9.53 Å². The summed E-state index contributed by atoms with van der Waals surface area (Å²) in [4.78, 5) is 16.0. The van der Waals surface area contributed by atoms with E-state index in [9.17, 15) is 4.79 Å². The van der Waals surface area contributed by atoms with Crippen molar-refractivity contribution in [2.24, 2.45) is 0 Å². The third kappa shape index (κ3) is 3.69. The monoisotopic (exact) mass is 339 g/mol. The Morgan fingerprint density at radius 1 is 1.12 bits per heavy atom. The van der Waals surface area contributed by atoms with E-state index in [1.807, 2.05) is 60.8 Å². The molecule has 1 N–H and O–H groups in total. The predicted octanol–water partition coefficient (Wildman–Crippen LogP) is 5.08. The molecule has 3 rings (SSSR count). The Hall–Kier alpha value is -2.52. The first-order chi connectivity index (χ1) is 11.7. The predicted molar refractivity (Wildman–Crippen MR) is 96.0 cm³/mol. The van der Waals surface area contributed by atoms with Crippen LogP contribution in [0.3, 0.4) is 0 Å². The van der Waals surface area contributed by atoms with Crippen LogP contribution >= 0.6 is 11.6 Å². The number of ketones is 1. The minimum atomic E-state index is -0.0454. The molecule has 0 aliphatic heterocycles. The van der Waals surface area contributed by atoms with E-state index in [2.05, 4.69) is 4.98 Å². The summed E-state index contributed by atoms with van der Waals surface area (Å²) in [5.41, 5.74) is 2.71. The summed E-state index contributed by atoms with van der Waals surface area (Å²) in [5.74, 6) is 0.711. The number of methoxy groups -OCH3 is 1. The summed E-state index contributed by atoms with van der Waals surface area (Å²) in [6.07, 6.45) is 2.24. The van der Waals surface area contributed by atoms with Crippen LogP contribution in [-0.4, -0.2) is 17.9 Å². The van der Waals surface area contributed by atoms with Crippen molar-refractivity contribution in [2.75, 3.05) is 7.11 Å². The highest BCUT2D eigenvalue weighted by Crippen LogP contribution is 2.29. The van der Waals surface area contributed by atoms with Crippen molar-refractivity contribution in [2.45, 2.75) is 12.3 Å².